The molecule has 1 heterocycles. The topological polar surface area (TPSA) is 101 Å². The third-order valence-electron chi connectivity index (χ3n) is 5.00. The van der Waals surface area contributed by atoms with E-state index in [1.54, 1.807) is 43.0 Å². The summed E-state index contributed by atoms with van der Waals surface area (Å²) in [7, 11) is -7.09. The summed E-state index contributed by atoms with van der Waals surface area (Å²) in [6, 6.07) is 10.4. The van der Waals surface area contributed by atoms with E-state index in [1.165, 1.54) is 18.2 Å². The molecule has 2 aromatic rings. The fourth-order valence-electron chi connectivity index (χ4n) is 3.37. The van der Waals surface area contributed by atoms with E-state index in [-0.39, 0.29) is 15.7 Å². The van der Waals surface area contributed by atoms with Crippen molar-refractivity contribution in [3.8, 4) is 0 Å². The first-order valence-corrected chi connectivity index (χ1v) is 12.7. The second-order valence-electron chi connectivity index (χ2n) is 7.12. The highest BCUT2D eigenvalue weighted by atomic mass is 32.2. The van der Waals surface area contributed by atoms with Gasteiger partial charge in [-0.25, -0.2) is 21.6 Å². The van der Waals surface area contributed by atoms with Crippen molar-refractivity contribution in [2.24, 2.45) is 0 Å². The minimum absolute atomic E-state index is 0.0173. The molecule has 0 saturated heterocycles. The van der Waals surface area contributed by atoms with Gasteiger partial charge in [-0.1, -0.05) is 19.1 Å². The summed E-state index contributed by atoms with van der Waals surface area (Å²) in [5.41, 5.74) is 2.25. The van der Waals surface area contributed by atoms with Crippen LogP contribution in [0.4, 0.5) is 5.69 Å². The van der Waals surface area contributed by atoms with Crippen LogP contribution >= 0.6 is 0 Å². The largest absolute Gasteiger partial charge is 0.312 e. The van der Waals surface area contributed by atoms with Crippen molar-refractivity contribution in [1.29, 1.82) is 0 Å². The third kappa shape index (κ3) is 4.52. The number of anilines is 1. The Balaban J connectivity index is 1.80. The second kappa shape index (κ2) is 7.89. The average molecular weight is 437 g/mol. The number of hydrogen-bond acceptors (Lipinski definition) is 5. The number of nitrogens with one attached hydrogen (secondary N) is 1. The van der Waals surface area contributed by atoms with E-state index in [0.29, 0.717) is 24.9 Å². The van der Waals surface area contributed by atoms with Gasteiger partial charge in [-0.05, 0) is 54.8 Å². The number of hydrogen-bond donors (Lipinski definition) is 1. The van der Waals surface area contributed by atoms with Crippen molar-refractivity contribution in [2.75, 3.05) is 17.7 Å². The Morgan fingerprint density at radius 1 is 1.07 bits per heavy atom. The van der Waals surface area contributed by atoms with Crippen LogP contribution in [0.15, 0.2) is 52.3 Å². The predicted molar refractivity (Wildman–Crippen MR) is 111 cm³/mol. The number of fused-ring (bicyclic) bond motifs is 1. The SMILES string of the molecule is CCC(=O)N1CCc2cc(S(=O)(=O)N[C@H](C)c3ccc(S(C)(=O)=O)cc3)ccc21. The highest BCUT2D eigenvalue weighted by molar-refractivity contribution is 7.90. The second-order valence-corrected chi connectivity index (χ2v) is 10.9. The fraction of sp³-hybridized carbons (Fsp3) is 0.350. The lowest BCUT2D eigenvalue weighted by Gasteiger charge is -2.18. The first-order valence-electron chi connectivity index (χ1n) is 9.28. The molecule has 156 valence electrons. The summed E-state index contributed by atoms with van der Waals surface area (Å²) < 4.78 is 51.4. The maximum Gasteiger partial charge on any atom is 0.241 e. The minimum Gasteiger partial charge on any atom is -0.312 e. The molecule has 0 aliphatic carbocycles. The molecular formula is C20H24N2O5S2. The number of sulfonamides is 1. The van der Waals surface area contributed by atoms with Crippen LogP contribution in [-0.4, -0.2) is 35.5 Å². The molecule has 0 radical (unpaired) electrons. The van der Waals surface area contributed by atoms with Gasteiger partial charge in [-0.2, -0.15) is 0 Å². The minimum atomic E-state index is -3.78. The molecule has 1 N–H and O–H groups in total. The highest BCUT2D eigenvalue weighted by Gasteiger charge is 2.26. The molecule has 9 heteroatoms. The van der Waals surface area contributed by atoms with Gasteiger partial charge in [0.25, 0.3) is 0 Å². The number of carbonyl (C=O) groups excluding carboxylic acids is 1. The highest BCUT2D eigenvalue weighted by Crippen LogP contribution is 2.31. The molecule has 0 unspecified atom stereocenters. The summed E-state index contributed by atoms with van der Waals surface area (Å²) >= 11 is 0. The van der Waals surface area contributed by atoms with Gasteiger partial charge in [0.15, 0.2) is 9.84 Å². The van der Waals surface area contributed by atoms with Crippen LogP contribution in [0.1, 0.15) is 37.4 Å². The molecule has 1 amide bonds. The van der Waals surface area contributed by atoms with Crippen molar-refractivity contribution in [2.45, 2.75) is 42.5 Å². The van der Waals surface area contributed by atoms with Crippen LogP contribution < -0.4 is 9.62 Å². The van der Waals surface area contributed by atoms with E-state index in [9.17, 15) is 21.6 Å². The summed E-state index contributed by atoms with van der Waals surface area (Å²) in [4.78, 5) is 14.0. The van der Waals surface area contributed by atoms with Gasteiger partial charge in [0, 0.05) is 31.0 Å². The molecule has 2 aromatic carbocycles. The number of amides is 1. The standard InChI is InChI=1S/C20H24N2O5S2/c1-4-20(23)22-12-11-16-13-18(9-10-19(16)22)29(26,27)21-14(2)15-5-7-17(8-6-15)28(3,24)25/h5-10,13-14,21H,4,11-12H2,1-3H3/t14-/m1/s1. The van der Waals surface area contributed by atoms with Gasteiger partial charge in [-0.3, -0.25) is 4.79 Å². The van der Waals surface area contributed by atoms with E-state index in [1.807, 2.05) is 0 Å². The molecule has 0 fully saturated rings. The van der Waals surface area contributed by atoms with Crippen molar-refractivity contribution < 1.29 is 21.6 Å². The number of benzene rings is 2. The lowest BCUT2D eigenvalue weighted by Crippen LogP contribution is -2.28. The molecule has 29 heavy (non-hydrogen) atoms. The third-order valence-corrected chi connectivity index (χ3v) is 7.67. The summed E-state index contributed by atoms with van der Waals surface area (Å²) in [5.74, 6) is 0.0173. The molecule has 7 nitrogen and oxygen atoms in total. The van der Waals surface area contributed by atoms with E-state index in [4.69, 9.17) is 0 Å². The lowest BCUT2D eigenvalue weighted by atomic mass is 10.1. The van der Waals surface area contributed by atoms with Gasteiger partial charge in [-0.15, -0.1) is 0 Å². The monoisotopic (exact) mass is 436 g/mol. The summed E-state index contributed by atoms with van der Waals surface area (Å²) in [6.07, 6.45) is 2.14. The van der Waals surface area contributed by atoms with E-state index < -0.39 is 25.9 Å². The van der Waals surface area contributed by atoms with Crippen molar-refractivity contribution in [1.82, 2.24) is 4.72 Å². The Morgan fingerprint density at radius 2 is 1.69 bits per heavy atom. The molecular weight excluding hydrogens is 412 g/mol. The normalized spacial score (nSPS) is 15.2. The quantitative estimate of drug-likeness (QED) is 0.750. The van der Waals surface area contributed by atoms with Crippen LogP contribution in [0.25, 0.3) is 0 Å². The zero-order chi connectivity index (χ0) is 21.4. The Bertz CT molecular complexity index is 1140. The van der Waals surface area contributed by atoms with E-state index in [2.05, 4.69) is 4.72 Å². The van der Waals surface area contributed by atoms with Crippen LogP contribution in [0.2, 0.25) is 0 Å². The molecule has 0 saturated carbocycles. The molecule has 0 bridgehead atoms. The van der Waals surface area contributed by atoms with E-state index >= 15 is 0 Å². The zero-order valence-corrected chi connectivity index (χ0v) is 18.2. The Morgan fingerprint density at radius 3 is 2.28 bits per heavy atom. The van der Waals surface area contributed by atoms with Crippen LogP contribution in [0.5, 0.6) is 0 Å². The van der Waals surface area contributed by atoms with Crippen molar-refractivity contribution in [3.05, 3.63) is 53.6 Å². The maximum absolute atomic E-state index is 12.8. The Hall–Kier alpha value is -2.23. The predicted octanol–water partition coefficient (Wildman–Crippen LogP) is 2.43. The Kier molecular flexibility index (Phi) is 5.84. The Labute approximate surface area is 171 Å². The summed E-state index contributed by atoms with van der Waals surface area (Å²) in [6.45, 7) is 4.05. The van der Waals surface area contributed by atoms with Gasteiger partial charge in [0.2, 0.25) is 15.9 Å². The van der Waals surface area contributed by atoms with E-state index in [0.717, 1.165) is 17.5 Å². The number of carbonyl (C=O) groups is 1. The van der Waals surface area contributed by atoms with Gasteiger partial charge < -0.3 is 4.90 Å². The summed E-state index contributed by atoms with van der Waals surface area (Å²) in [5, 5.41) is 0. The molecule has 1 aliphatic heterocycles. The van der Waals surface area contributed by atoms with Crippen molar-refractivity contribution in [3.63, 3.8) is 0 Å². The molecule has 1 aliphatic rings. The van der Waals surface area contributed by atoms with Crippen LogP contribution in [-0.2, 0) is 31.1 Å². The lowest BCUT2D eigenvalue weighted by molar-refractivity contribution is -0.118. The molecule has 0 spiro atoms. The average Bonchev–Trinajstić information content (AvgIpc) is 3.09. The van der Waals surface area contributed by atoms with Crippen molar-refractivity contribution >= 4 is 31.5 Å². The smallest absolute Gasteiger partial charge is 0.241 e. The zero-order valence-electron chi connectivity index (χ0n) is 16.5. The number of rotatable bonds is 6. The number of sulfone groups is 1. The van der Waals surface area contributed by atoms with Gasteiger partial charge in [0.05, 0.1) is 9.79 Å². The number of nitrogens with zero attached hydrogens (tertiary/aromatic N) is 1. The first-order chi connectivity index (χ1) is 13.5. The van der Waals surface area contributed by atoms with Gasteiger partial charge >= 0.3 is 0 Å². The van der Waals surface area contributed by atoms with Gasteiger partial charge in [0.1, 0.15) is 0 Å². The molecule has 3 rings (SSSR count). The first kappa shape index (κ1) is 21.5. The molecule has 0 aromatic heterocycles. The maximum atomic E-state index is 12.8. The fourth-order valence-corrected chi connectivity index (χ4v) is 5.28. The van der Waals surface area contributed by atoms with Crippen LogP contribution in [0.3, 0.4) is 0 Å². The van der Waals surface area contributed by atoms with Crippen LogP contribution in [0, 0.1) is 0 Å². The molecule has 1 atom stereocenters.